The molecule has 0 unspecified atom stereocenters. The largest absolute Gasteiger partial charge is 0.496 e. The van der Waals surface area contributed by atoms with Crippen LogP contribution < -0.4 is 10.2 Å². The van der Waals surface area contributed by atoms with Crippen molar-refractivity contribution >= 4 is 0 Å². The number of hydrogen-bond donors (Lipinski definition) is 2. The highest BCUT2D eigenvalue weighted by Crippen LogP contribution is 2.22. The molecule has 0 saturated heterocycles. The molecule has 0 fully saturated rings. The lowest BCUT2D eigenvalue weighted by Crippen LogP contribution is -2.06. The third-order valence-corrected chi connectivity index (χ3v) is 2.18. The minimum Gasteiger partial charge on any atom is -0.496 e. The molecule has 0 amide bonds. The lowest BCUT2D eigenvalue weighted by molar-refractivity contribution is 0.161. The van der Waals surface area contributed by atoms with Crippen molar-refractivity contribution in [2.24, 2.45) is 0 Å². The molecule has 2 N–H and O–H groups in total. The predicted octanol–water partition coefficient (Wildman–Crippen LogP) is 1.79. The molecule has 0 aliphatic heterocycles. The van der Waals surface area contributed by atoms with Gasteiger partial charge in [0.2, 0.25) is 0 Å². The van der Waals surface area contributed by atoms with Crippen molar-refractivity contribution in [3.63, 3.8) is 0 Å². The van der Waals surface area contributed by atoms with Crippen LogP contribution in [0.5, 0.6) is 5.75 Å². The third-order valence-electron chi connectivity index (χ3n) is 2.18. The maximum absolute atomic E-state index is 8.55. The molecular formula is C10H15NO2. The summed E-state index contributed by atoms with van der Waals surface area (Å²) in [6.45, 7) is 4.49. The van der Waals surface area contributed by atoms with Crippen molar-refractivity contribution in [2.45, 2.75) is 20.4 Å². The average molecular weight is 181 g/mol. The number of benzene rings is 1. The molecule has 3 heteroatoms. The number of aryl methyl sites for hydroxylation is 1. The molecule has 0 heterocycles. The summed E-state index contributed by atoms with van der Waals surface area (Å²) < 4.78 is 5.20. The van der Waals surface area contributed by atoms with Crippen molar-refractivity contribution in [3.05, 3.63) is 28.8 Å². The Bertz CT molecular complexity index is 297. The van der Waals surface area contributed by atoms with Gasteiger partial charge < -0.3 is 9.94 Å². The van der Waals surface area contributed by atoms with Crippen LogP contribution in [0.2, 0.25) is 0 Å². The van der Waals surface area contributed by atoms with Crippen LogP contribution in [0.25, 0.3) is 0 Å². The fourth-order valence-corrected chi connectivity index (χ4v) is 1.30. The van der Waals surface area contributed by atoms with E-state index >= 15 is 0 Å². The van der Waals surface area contributed by atoms with Gasteiger partial charge in [0.15, 0.2) is 0 Å². The molecule has 0 atom stereocenters. The Morgan fingerprint density at radius 1 is 1.38 bits per heavy atom. The van der Waals surface area contributed by atoms with Crippen molar-refractivity contribution < 1.29 is 9.94 Å². The summed E-state index contributed by atoms with van der Waals surface area (Å²) in [4.78, 5) is 0. The fourth-order valence-electron chi connectivity index (χ4n) is 1.30. The number of nitrogens with one attached hydrogen (secondary N) is 1. The minimum atomic E-state index is 0.442. The van der Waals surface area contributed by atoms with Gasteiger partial charge in [0.05, 0.1) is 7.11 Å². The summed E-state index contributed by atoms with van der Waals surface area (Å²) in [6.07, 6.45) is 0. The van der Waals surface area contributed by atoms with Crippen LogP contribution in [0.1, 0.15) is 16.7 Å². The van der Waals surface area contributed by atoms with Gasteiger partial charge in [-0.2, -0.15) is 0 Å². The first-order valence-electron chi connectivity index (χ1n) is 4.20. The van der Waals surface area contributed by atoms with Crippen molar-refractivity contribution in [1.29, 1.82) is 0 Å². The molecule has 1 aromatic carbocycles. The lowest BCUT2D eigenvalue weighted by atomic mass is 10.1. The molecule has 0 radical (unpaired) electrons. The number of rotatable bonds is 3. The third kappa shape index (κ3) is 2.20. The zero-order chi connectivity index (χ0) is 9.84. The first-order chi connectivity index (χ1) is 6.19. The molecule has 0 spiro atoms. The van der Waals surface area contributed by atoms with E-state index in [1.165, 1.54) is 5.56 Å². The zero-order valence-corrected chi connectivity index (χ0v) is 8.22. The second-order valence-electron chi connectivity index (χ2n) is 3.07. The minimum absolute atomic E-state index is 0.442. The van der Waals surface area contributed by atoms with Gasteiger partial charge in [0.25, 0.3) is 0 Å². The molecule has 0 aliphatic carbocycles. The van der Waals surface area contributed by atoms with E-state index in [9.17, 15) is 0 Å². The number of hydrogen-bond acceptors (Lipinski definition) is 3. The molecule has 72 valence electrons. The fraction of sp³-hybridized carbons (Fsp3) is 0.400. The van der Waals surface area contributed by atoms with E-state index < -0.39 is 0 Å². The lowest BCUT2D eigenvalue weighted by Gasteiger charge is -2.10. The number of methoxy groups -OCH3 is 1. The van der Waals surface area contributed by atoms with Gasteiger partial charge in [-0.1, -0.05) is 6.07 Å². The zero-order valence-electron chi connectivity index (χ0n) is 8.22. The molecular weight excluding hydrogens is 166 g/mol. The summed E-state index contributed by atoms with van der Waals surface area (Å²) in [5.74, 6) is 0.866. The number of ether oxygens (including phenoxy) is 1. The summed E-state index contributed by atoms with van der Waals surface area (Å²) >= 11 is 0. The Labute approximate surface area is 78.3 Å². The van der Waals surface area contributed by atoms with E-state index in [1.807, 2.05) is 26.0 Å². The van der Waals surface area contributed by atoms with Crippen LogP contribution in [-0.4, -0.2) is 12.3 Å². The Morgan fingerprint density at radius 2 is 2.08 bits per heavy atom. The first kappa shape index (κ1) is 10.0. The van der Waals surface area contributed by atoms with Crippen LogP contribution in [0, 0.1) is 13.8 Å². The van der Waals surface area contributed by atoms with Crippen molar-refractivity contribution in [2.75, 3.05) is 7.11 Å². The standard InChI is InChI=1S/C10H15NO2/c1-7-4-9(6-11-12)5-10(13-3)8(7)2/h4-5,11-12H,6H2,1-3H3. The van der Waals surface area contributed by atoms with Crippen molar-refractivity contribution in [3.8, 4) is 5.75 Å². The van der Waals surface area contributed by atoms with E-state index in [1.54, 1.807) is 7.11 Å². The Balaban J connectivity index is 3.06. The summed E-state index contributed by atoms with van der Waals surface area (Å²) in [5.41, 5.74) is 5.46. The monoisotopic (exact) mass is 181 g/mol. The van der Waals surface area contributed by atoms with Crippen molar-refractivity contribution in [1.82, 2.24) is 5.48 Å². The van der Waals surface area contributed by atoms with Crippen LogP contribution in [0.3, 0.4) is 0 Å². The molecule has 3 nitrogen and oxygen atoms in total. The highest BCUT2D eigenvalue weighted by Gasteiger charge is 2.03. The van der Waals surface area contributed by atoms with E-state index in [4.69, 9.17) is 9.94 Å². The molecule has 1 rings (SSSR count). The Morgan fingerprint density at radius 3 is 2.62 bits per heavy atom. The summed E-state index contributed by atoms with van der Waals surface area (Å²) in [5, 5.41) is 8.55. The average Bonchev–Trinajstić information content (AvgIpc) is 2.11. The van der Waals surface area contributed by atoms with E-state index in [0.29, 0.717) is 6.54 Å². The maximum atomic E-state index is 8.55. The molecule has 0 bridgehead atoms. The topological polar surface area (TPSA) is 41.5 Å². The maximum Gasteiger partial charge on any atom is 0.122 e. The second kappa shape index (κ2) is 4.25. The van der Waals surface area contributed by atoms with Gasteiger partial charge >= 0.3 is 0 Å². The predicted molar refractivity (Wildman–Crippen MR) is 51.1 cm³/mol. The van der Waals surface area contributed by atoms with Gasteiger partial charge in [-0.15, -0.1) is 0 Å². The molecule has 0 aliphatic rings. The van der Waals surface area contributed by atoms with Crippen LogP contribution in [0.15, 0.2) is 12.1 Å². The highest BCUT2D eigenvalue weighted by atomic mass is 16.5. The summed E-state index contributed by atoms with van der Waals surface area (Å²) in [6, 6.07) is 3.95. The van der Waals surface area contributed by atoms with E-state index in [0.717, 1.165) is 16.9 Å². The van der Waals surface area contributed by atoms with Gasteiger partial charge in [-0.05, 0) is 36.6 Å². The highest BCUT2D eigenvalue weighted by molar-refractivity contribution is 5.42. The van der Waals surface area contributed by atoms with E-state index in [-0.39, 0.29) is 0 Å². The molecule has 13 heavy (non-hydrogen) atoms. The van der Waals surface area contributed by atoms with Crippen LogP contribution in [-0.2, 0) is 6.54 Å². The van der Waals surface area contributed by atoms with Gasteiger partial charge in [0.1, 0.15) is 5.75 Å². The van der Waals surface area contributed by atoms with E-state index in [2.05, 4.69) is 5.48 Å². The Kier molecular flexibility index (Phi) is 3.28. The van der Waals surface area contributed by atoms with Gasteiger partial charge in [-0.25, -0.2) is 5.48 Å². The normalized spacial score (nSPS) is 10.2. The smallest absolute Gasteiger partial charge is 0.122 e. The molecule has 0 saturated carbocycles. The Hall–Kier alpha value is -1.06. The molecule has 1 aromatic rings. The number of hydroxylamine groups is 1. The first-order valence-corrected chi connectivity index (χ1v) is 4.20. The second-order valence-corrected chi connectivity index (χ2v) is 3.07. The van der Waals surface area contributed by atoms with Gasteiger partial charge in [-0.3, -0.25) is 0 Å². The van der Waals surface area contributed by atoms with Crippen LogP contribution >= 0.6 is 0 Å². The quantitative estimate of drug-likeness (QED) is 0.698. The van der Waals surface area contributed by atoms with Gasteiger partial charge in [0, 0.05) is 6.54 Å². The summed E-state index contributed by atoms with van der Waals surface area (Å²) in [7, 11) is 1.65. The SMILES string of the molecule is COc1cc(CNO)cc(C)c1C. The molecule has 0 aromatic heterocycles. The van der Waals surface area contributed by atoms with Crippen LogP contribution in [0.4, 0.5) is 0 Å².